The zero-order chi connectivity index (χ0) is 17.9. The standard InChI is InChI=1S/C20H34N2O2S/c1-16(2)15-19(24)22-13-14-25-20(22)9-11-21(12-10-20)18(23)8-7-17-5-3-4-6-17/h16-17H,3-15H2,1-2H3. The van der Waals surface area contributed by atoms with Gasteiger partial charge in [0, 0.05) is 38.2 Å². The van der Waals surface area contributed by atoms with Gasteiger partial charge in [0.1, 0.15) is 0 Å². The Kier molecular flexibility index (Phi) is 6.35. The van der Waals surface area contributed by atoms with Gasteiger partial charge in [-0.15, -0.1) is 11.8 Å². The molecule has 0 bridgehead atoms. The molecule has 1 saturated carbocycles. The lowest BCUT2D eigenvalue weighted by molar-refractivity contribution is -0.137. The van der Waals surface area contributed by atoms with Crippen LogP contribution in [0.2, 0.25) is 0 Å². The Morgan fingerprint density at radius 3 is 2.40 bits per heavy atom. The SMILES string of the molecule is CC(C)CC(=O)N1CCSC12CCN(C(=O)CCC1CCCC1)CC2. The highest BCUT2D eigenvalue weighted by atomic mass is 32.2. The molecule has 0 N–H and O–H groups in total. The summed E-state index contributed by atoms with van der Waals surface area (Å²) in [5.41, 5.74) is 0. The van der Waals surface area contributed by atoms with Crippen molar-refractivity contribution in [3.8, 4) is 0 Å². The van der Waals surface area contributed by atoms with E-state index in [0.717, 1.165) is 57.0 Å². The number of carbonyl (C=O) groups is 2. The molecule has 0 radical (unpaired) electrons. The third-order valence-electron chi connectivity index (χ3n) is 6.20. The molecule has 0 aromatic carbocycles. The van der Waals surface area contributed by atoms with Gasteiger partial charge in [-0.05, 0) is 31.1 Å². The van der Waals surface area contributed by atoms with Crippen molar-refractivity contribution in [1.29, 1.82) is 0 Å². The average Bonchev–Trinajstić information content (AvgIpc) is 3.23. The molecule has 1 spiro atoms. The van der Waals surface area contributed by atoms with Gasteiger partial charge < -0.3 is 9.80 Å². The van der Waals surface area contributed by atoms with E-state index in [1.54, 1.807) is 0 Å². The molecule has 2 saturated heterocycles. The van der Waals surface area contributed by atoms with E-state index in [-0.39, 0.29) is 4.87 Å². The quantitative estimate of drug-likeness (QED) is 0.741. The molecule has 0 unspecified atom stereocenters. The van der Waals surface area contributed by atoms with Gasteiger partial charge in [0.25, 0.3) is 0 Å². The van der Waals surface area contributed by atoms with Crippen molar-refractivity contribution in [1.82, 2.24) is 9.80 Å². The first-order valence-electron chi connectivity index (χ1n) is 10.2. The first-order valence-corrected chi connectivity index (χ1v) is 11.2. The summed E-state index contributed by atoms with van der Waals surface area (Å²) in [5, 5.41) is 0. The minimum Gasteiger partial charge on any atom is -0.342 e. The van der Waals surface area contributed by atoms with Crippen molar-refractivity contribution < 1.29 is 9.59 Å². The van der Waals surface area contributed by atoms with Crippen LogP contribution in [0.25, 0.3) is 0 Å². The van der Waals surface area contributed by atoms with Crippen LogP contribution in [0.15, 0.2) is 0 Å². The summed E-state index contributed by atoms with van der Waals surface area (Å²) in [6, 6.07) is 0. The van der Waals surface area contributed by atoms with Crippen molar-refractivity contribution in [3.63, 3.8) is 0 Å². The minimum atomic E-state index is -0.0335. The lowest BCUT2D eigenvalue weighted by Crippen LogP contribution is -2.53. The van der Waals surface area contributed by atoms with Crippen LogP contribution in [-0.2, 0) is 9.59 Å². The summed E-state index contributed by atoms with van der Waals surface area (Å²) < 4.78 is 0. The molecule has 2 amide bonds. The van der Waals surface area contributed by atoms with Gasteiger partial charge >= 0.3 is 0 Å². The van der Waals surface area contributed by atoms with E-state index in [2.05, 4.69) is 23.6 Å². The second kappa shape index (κ2) is 8.32. The van der Waals surface area contributed by atoms with E-state index in [1.165, 1.54) is 25.7 Å². The van der Waals surface area contributed by atoms with E-state index in [4.69, 9.17) is 0 Å². The van der Waals surface area contributed by atoms with E-state index in [0.29, 0.717) is 24.2 Å². The topological polar surface area (TPSA) is 40.6 Å². The van der Waals surface area contributed by atoms with Crippen LogP contribution in [0.4, 0.5) is 0 Å². The molecule has 0 atom stereocenters. The Morgan fingerprint density at radius 1 is 1.08 bits per heavy atom. The number of hydrogen-bond donors (Lipinski definition) is 0. The highest BCUT2D eigenvalue weighted by Crippen LogP contribution is 2.44. The summed E-state index contributed by atoms with van der Waals surface area (Å²) >= 11 is 1.94. The molecule has 3 fully saturated rings. The zero-order valence-electron chi connectivity index (χ0n) is 16.0. The lowest BCUT2D eigenvalue weighted by atomic mass is 9.98. The summed E-state index contributed by atoms with van der Waals surface area (Å²) in [4.78, 5) is 29.3. The Labute approximate surface area is 157 Å². The fourth-order valence-corrected chi connectivity index (χ4v) is 6.20. The van der Waals surface area contributed by atoms with Gasteiger partial charge in [-0.25, -0.2) is 0 Å². The van der Waals surface area contributed by atoms with Gasteiger partial charge in [0.15, 0.2) is 0 Å². The minimum absolute atomic E-state index is 0.0335. The number of rotatable bonds is 5. The summed E-state index contributed by atoms with van der Waals surface area (Å²) in [7, 11) is 0. The van der Waals surface area contributed by atoms with E-state index < -0.39 is 0 Å². The molecule has 3 rings (SSSR count). The molecule has 4 nitrogen and oxygen atoms in total. The number of thioether (sulfide) groups is 1. The Morgan fingerprint density at radius 2 is 1.76 bits per heavy atom. The summed E-state index contributed by atoms with van der Waals surface area (Å²) in [5.74, 6) is 2.88. The smallest absolute Gasteiger partial charge is 0.223 e. The molecule has 3 aliphatic rings. The van der Waals surface area contributed by atoms with Gasteiger partial charge in [-0.2, -0.15) is 0 Å². The van der Waals surface area contributed by atoms with Crippen molar-refractivity contribution in [2.45, 2.75) is 76.5 Å². The molecule has 0 aromatic rings. The third-order valence-corrected chi connectivity index (χ3v) is 7.75. The number of hydrogen-bond acceptors (Lipinski definition) is 3. The summed E-state index contributed by atoms with van der Waals surface area (Å²) in [6.45, 7) is 6.74. The largest absolute Gasteiger partial charge is 0.342 e. The summed E-state index contributed by atoms with van der Waals surface area (Å²) in [6.07, 6.45) is 9.67. The first kappa shape index (κ1) is 19.1. The monoisotopic (exact) mass is 366 g/mol. The van der Waals surface area contributed by atoms with E-state index >= 15 is 0 Å². The molecule has 0 aromatic heterocycles. The molecule has 2 heterocycles. The van der Waals surface area contributed by atoms with Gasteiger partial charge in [-0.1, -0.05) is 39.5 Å². The number of nitrogens with zero attached hydrogens (tertiary/aromatic N) is 2. The van der Waals surface area contributed by atoms with E-state index in [1.807, 2.05) is 11.8 Å². The molecule has 5 heteroatoms. The normalized spacial score (nSPS) is 23.8. The van der Waals surface area contributed by atoms with Crippen LogP contribution in [0, 0.1) is 11.8 Å². The van der Waals surface area contributed by atoms with Crippen LogP contribution in [0.1, 0.15) is 71.6 Å². The zero-order valence-corrected chi connectivity index (χ0v) is 16.8. The van der Waals surface area contributed by atoms with E-state index in [9.17, 15) is 9.59 Å². The van der Waals surface area contributed by atoms with Crippen LogP contribution in [-0.4, -0.2) is 51.9 Å². The maximum Gasteiger partial charge on any atom is 0.223 e. The number of piperidine rings is 1. The number of carbonyl (C=O) groups excluding carboxylic acids is 2. The fourth-order valence-electron chi connectivity index (χ4n) is 4.72. The second-order valence-corrected chi connectivity index (χ2v) is 9.96. The van der Waals surface area contributed by atoms with Gasteiger partial charge in [-0.3, -0.25) is 9.59 Å². The maximum absolute atomic E-state index is 12.6. The average molecular weight is 367 g/mol. The van der Waals surface area contributed by atoms with Crippen molar-refractivity contribution >= 4 is 23.6 Å². The van der Waals surface area contributed by atoms with Crippen LogP contribution in [0.5, 0.6) is 0 Å². The van der Waals surface area contributed by atoms with Crippen LogP contribution >= 0.6 is 11.8 Å². The Hall–Kier alpha value is -0.710. The molecule has 1 aliphatic carbocycles. The third kappa shape index (κ3) is 4.53. The number of likely N-dealkylation sites (tertiary alicyclic amines) is 1. The first-order chi connectivity index (χ1) is 12.0. The maximum atomic E-state index is 12.6. The molecular formula is C20H34N2O2S. The highest BCUT2D eigenvalue weighted by Gasteiger charge is 2.46. The predicted molar refractivity (Wildman–Crippen MR) is 103 cm³/mol. The Bertz CT molecular complexity index is 480. The number of amides is 2. The fraction of sp³-hybridized carbons (Fsp3) is 0.900. The Balaban J connectivity index is 1.49. The molecule has 25 heavy (non-hydrogen) atoms. The molecule has 2 aliphatic heterocycles. The van der Waals surface area contributed by atoms with Gasteiger partial charge in [0.05, 0.1) is 4.87 Å². The van der Waals surface area contributed by atoms with Crippen molar-refractivity contribution in [2.75, 3.05) is 25.4 Å². The van der Waals surface area contributed by atoms with Crippen LogP contribution < -0.4 is 0 Å². The predicted octanol–water partition coefficient (Wildman–Crippen LogP) is 3.90. The lowest BCUT2D eigenvalue weighted by Gasteiger charge is -2.44. The second-order valence-electron chi connectivity index (χ2n) is 8.51. The van der Waals surface area contributed by atoms with Crippen molar-refractivity contribution in [2.24, 2.45) is 11.8 Å². The van der Waals surface area contributed by atoms with Crippen molar-refractivity contribution in [3.05, 3.63) is 0 Å². The van der Waals surface area contributed by atoms with Crippen LogP contribution in [0.3, 0.4) is 0 Å². The molecular weight excluding hydrogens is 332 g/mol. The molecule has 142 valence electrons. The van der Waals surface area contributed by atoms with Gasteiger partial charge in [0.2, 0.25) is 11.8 Å². The highest BCUT2D eigenvalue weighted by molar-refractivity contribution is 8.00.